The summed E-state index contributed by atoms with van der Waals surface area (Å²) in [6.45, 7) is 2.50. The molecule has 0 amide bonds. The van der Waals surface area contributed by atoms with Crippen molar-refractivity contribution in [2.75, 3.05) is 6.66 Å². The molecule has 2 aliphatic rings. The van der Waals surface area contributed by atoms with Crippen molar-refractivity contribution in [1.82, 2.24) is 0 Å². The van der Waals surface area contributed by atoms with E-state index in [0.717, 1.165) is 5.66 Å². The van der Waals surface area contributed by atoms with Crippen molar-refractivity contribution in [2.24, 2.45) is 0 Å². The molecule has 0 N–H and O–H groups in total. The van der Waals surface area contributed by atoms with Gasteiger partial charge < -0.3 is 0 Å². The highest BCUT2D eigenvalue weighted by molar-refractivity contribution is 7.81. The number of allylic oxidation sites excluding steroid dienone is 2. The molecule has 1 heteroatoms. The third kappa shape index (κ3) is 2.05. The van der Waals surface area contributed by atoms with Crippen LogP contribution < -0.4 is 0 Å². The second kappa shape index (κ2) is 3.96. The molecular weight excluding hydrogens is 175 g/mol. The summed E-state index contributed by atoms with van der Waals surface area (Å²) in [5.41, 5.74) is 1.02. The normalized spacial score (nSPS) is 27.8. The van der Waals surface area contributed by atoms with E-state index in [4.69, 9.17) is 0 Å². The van der Waals surface area contributed by atoms with Crippen LogP contribution in [-0.2, 0) is 0 Å². The number of hydrogen-bond donors (Lipinski definition) is 0. The van der Waals surface area contributed by atoms with Crippen molar-refractivity contribution in [1.29, 1.82) is 0 Å². The lowest BCUT2D eigenvalue weighted by Gasteiger charge is -2.22. The predicted molar refractivity (Wildman–Crippen MR) is 62.6 cm³/mol. The highest BCUT2D eigenvalue weighted by Crippen LogP contribution is 2.67. The van der Waals surface area contributed by atoms with Crippen LogP contribution in [0.25, 0.3) is 0 Å². The highest BCUT2D eigenvalue weighted by atomic mass is 31.2. The zero-order chi connectivity index (χ0) is 9.15. The van der Waals surface area contributed by atoms with E-state index in [1.54, 1.807) is 0 Å². The molecule has 1 aliphatic carbocycles. The maximum Gasteiger partial charge on any atom is 0.0777 e. The Hall–Kier alpha value is -0.0900. The van der Waals surface area contributed by atoms with E-state index in [1.165, 1.54) is 38.5 Å². The maximum atomic E-state index is 2.50. The van der Waals surface area contributed by atoms with Crippen LogP contribution in [0.15, 0.2) is 23.8 Å². The maximum absolute atomic E-state index is 2.50. The topological polar surface area (TPSA) is 0 Å². The average Bonchev–Trinajstić information content (AvgIpc) is 2.44. The van der Waals surface area contributed by atoms with Crippen molar-refractivity contribution in [3.05, 3.63) is 23.8 Å². The molecule has 0 nitrogen and oxygen atoms in total. The molecule has 1 heterocycles. The fraction of sp³-hybridized carbons (Fsp3) is 0.667. The van der Waals surface area contributed by atoms with Gasteiger partial charge in [0.25, 0.3) is 0 Å². The average molecular weight is 195 g/mol. The quantitative estimate of drug-likeness (QED) is 0.430. The fourth-order valence-corrected chi connectivity index (χ4v) is 5.58. The van der Waals surface area contributed by atoms with E-state index in [-0.39, 0.29) is 0 Å². The van der Waals surface area contributed by atoms with Crippen LogP contribution in [0.4, 0.5) is 0 Å². The molecule has 0 radical (unpaired) electrons. The third-order valence-electron chi connectivity index (χ3n) is 3.54. The van der Waals surface area contributed by atoms with Gasteiger partial charge in [-0.25, -0.2) is 0 Å². The lowest BCUT2D eigenvalue weighted by atomic mass is 10.2. The van der Waals surface area contributed by atoms with Crippen molar-refractivity contribution >= 4 is 7.26 Å². The largest absolute Gasteiger partial charge is 0.0777 e. The minimum Gasteiger partial charge on any atom is -0.0532 e. The Kier molecular flexibility index (Phi) is 2.89. The van der Waals surface area contributed by atoms with Gasteiger partial charge in [0.1, 0.15) is 0 Å². The first-order valence-corrected chi connectivity index (χ1v) is 7.98. The Morgan fingerprint density at radius 3 is 2.00 bits per heavy atom. The van der Waals surface area contributed by atoms with Gasteiger partial charge in [-0.1, -0.05) is 12.8 Å². The van der Waals surface area contributed by atoms with Gasteiger partial charge in [0.2, 0.25) is 0 Å². The van der Waals surface area contributed by atoms with Crippen molar-refractivity contribution < 1.29 is 0 Å². The summed E-state index contributed by atoms with van der Waals surface area (Å²) in [6.07, 6.45) is 13.4. The summed E-state index contributed by atoms with van der Waals surface area (Å²) in [4.78, 5) is 0. The van der Waals surface area contributed by atoms with Gasteiger partial charge in [-0.2, -0.15) is 0 Å². The highest BCUT2D eigenvalue weighted by Gasteiger charge is 2.38. The zero-order valence-electron chi connectivity index (χ0n) is 8.58. The summed E-state index contributed by atoms with van der Waals surface area (Å²) in [7, 11) is -0.784. The van der Waals surface area contributed by atoms with Crippen LogP contribution in [0.1, 0.15) is 38.5 Å². The second-order valence-corrected chi connectivity index (χ2v) is 8.32. The molecule has 0 atom stereocenters. The van der Waals surface area contributed by atoms with Gasteiger partial charge in [-0.3, -0.25) is 0 Å². The van der Waals surface area contributed by atoms with Gasteiger partial charge in [0, 0.05) is 0 Å². The Morgan fingerprint density at radius 1 is 0.923 bits per heavy atom. The summed E-state index contributed by atoms with van der Waals surface area (Å²) in [5.74, 6) is 5.01. The Labute approximate surface area is 82.4 Å². The lowest BCUT2D eigenvalue weighted by Crippen LogP contribution is -2.08. The molecule has 0 aromatic rings. The Bertz CT molecular complexity index is 207. The van der Waals surface area contributed by atoms with Gasteiger partial charge in [0.15, 0.2) is 0 Å². The van der Waals surface area contributed by atoms with E-state index in [0.29, 0.717) is 0 Å². The monoisotopic (exact) mass is 195 g/mol. The summed E-state index contributed by atoms with van der Waals surface area (Å²) in [5, 5.41) is 0. The van der Waals surface area contributed by atoms with Crippen molar-refractivity contribution in [3.8, 4) is 0 Å². The Morgan fingerprint density at radius 2 is 1.46 bits per heavy atom. The molecular formula is C12H20P+. The molecule has 13 heavy (non-hydrogen) atoms. The fourth-order valence-electron chi connectivity index (χ4n) is 2.58. The predicted octanol–water partition coefficient (Wildman–Crippen LogP) is 4.40. The van der Waals surface area contributed by atoms with Crippen molar-refractivity contribution in [2.45, 2.75) is 44.2 Å². The first-order valence-electron chi connectivity index (χ1n) is 5.54. The first kappa shape index (κ1) is 9.46. The number of hydrogen-bond acceptors (Lipinski definition) is 0. The smallest absolute Gasteiger partial charge is 0.0532 e. The molecule has 1 aliphatic heterocycles. The van der Waals surface area contributed by atoms with Crippen LogP contribution in [0.2, 0.25) is 0 Å². The molecule has 0 unspecified atom stereocenters. The molecule has 0 spiro atoms. The second-order valence-electron chi connectivity index (χ2n) is 4.55. The molecule has 1 saturated carbocycles. The molecule has 0 bridgehead atoms. The summed E-state index contributed by atoms with van der Waals surface area (Å²) in [6, 6.07) is 0. The van der Waals surface area contributed by atoms with Gasteiger partial charge >= 0.3 is 0 Å². The first-order chi connectivity index (χ1) is 6.31. The lowest BCUT2D eigenvalue weighted by molar-refractivity contribution is 0.702. The molecule has 0 saturated heterocycles. The Balaban J connectivity index is 2.05. The van der Waals surface area contributed by atoms with Crippen LogP contribution in [0.3, 0.4) is 0 Å². The van der Waals surface area contributed by atoms with Gasteiger partial charge in [0.05, 0.1) is 31.2 Å². The zero-order valence-corrected chi connectivity index (χ0v) is 9.47. The van der Waals surface area contributed by atoms with Crippen LogP contribution in [-0.4, -0.2) is 12.3 Å². The molecule has 1 fully saturated rings. The van der Waals surface area contributed by atoms with E-state index in [9.17, 15) is 0 Å². The van der Waals surface area contributed by atoms with E-state index >= 15 is 0 Å². The molecule has 0 aromatic heterocycles. The molecule has 0 aromatic carbocycles. The van der Waals surface area contributed by atoms with Gasteiger partial charge in [-0.15, -0.1) is 0 Å². The van der Waals surface area contributed by atoms with E-state index in [1.807, 2.05) is 0 Å². The van der Waals surface area contributed by atoms with Crippen LogP contribution in [0, 0.1) is 0 Å². The molecule has 2 rings (SSSR count). The minimum atomic E-state index is -0.784. The van der Waals surface area contributed by atoms with Crippen LogP contribution >= 0.6 is 7.26 Å². The minimum absolute atomic E-state index is 0.784. The summed E-state index contributed by atoms with van der Waals surface area (Å²) < 4.78 is 0. The van der Waals surface area contributed by atoms with Crippen LogP contribution in [0.5, 0.6) is 0 Å². The van der Waals surface area contributed by atoms with E-state index < -0.39 is 7.26 Å². The molecule has 72 valence electrons. The van der Waals surface area contributed by atoms with Crippen molar-refractivity contribution in [3.63, 3.8) is 0 Å². The number of rotatable bonds is 1. The SMILES string of the molecule is C[P+]1(C2CCCCCC2)C=CC=C1. The van der Waals surface area contributed by atoms with Gasteiger partial charge in [-0.05, 0) is 37.8 Å². The summed E-state index contributed by atoms with van der Waals surface area (Å²) >= 11 is 0. The van der Waals surface area contributed by atoms with E-state index in [2.05, 4.69) is 30.5 Å². The standard InChI is InChI=1S/C12H20P/c1-13(10-6-7-11-13)12-8-4-2-3-5-9-12/h6-7,10-12H,2-5,8-9H2,1H3/q+1. The third-order valence-corrected chi connectivity index (χ3v) is 7.26.